The Morgan fingerprint density at radius 1 is 1.33 bits per heavy atom. The van der Waals surface area contributed by atoms with Crippen molar-refractivity contribution in [3.63, 3.8) is 0 Å². The maximum absolute atomic E-state index is 12.3. The monoisotopic (exact) mass is 215 g/mol. The number of hydrogen-bond acceptors (Lipinski definition) is 3. The fourth-order valence-electron chi connectivity index (χ4n) is 1.09. The third-order valence-corrected chi connectivity index (χ3v) is 1.90. The van der Waals surface area contributed by atoms with Crippen LogP contribution in [0.3, 0.4) is 0 Å². The first-order valence-corrected chi connectivity index (χ1v) is 3.98. The summed E-state index contributed by atoms with van der Waals surface area (Å²) in [5.74, 6) is 0. The van der Waals surface area contributed by atoms with Crippen LogP contribution in [0.15, 0.2) is 18.2 Å². The Morgan fingerprint density at radius 3 is 2.40 bits per heavy atom. The van der Waals surface area contributed by atoms with Gasteiger partial charge in [0.1, 0.15) is 6.04 Å². The molecule has 4 N–H and O–H groups in total. The van der Waals surface area contributed by atoms with Gasteiger partial charge in [-0.15, -0.1) is 0 Å². The van der Waals surface area contributed by atoms with Crippen LogP contribution in [0.2, 0.25) is 0 Å². The molecule has 0 saturated heterocycles. The number of nitriles is 1. The summed E-state index contributed by atoms with van der Waals surface area (Å²) in [5, 5.41) is 8.52. The van der Waals surface area contributed by atoms with Gasteiger partial charge in [-0.1, -0.05) is 0 Å². The van der Waals surface area contributed by atoms with Crippen LogP contribution >= 0.6 is 0 Å². The lowest BCUT2D eigenvalue weighted by molar-refractivity contribution is -0.149. The number of nitrogen functional groups attached to an aromatic ring is 1. The van der Waals surface area contributed by atoms with Crippen molar-refractivity contribution in [3.05, 3.63) is 29.3 Å². The van der Waals surface area contributed by atoms with Gasteiger partial charge < -0.3 is 11.5 Å². The van der Waals surface area contributed by atoms with E-state index in [-0.39, 0.29) is 16.8 Å². The van der Waals surface area contributed by atoms with Crippen molar-refractivity contribution < 1.29 is 13.2 Å². The van der Waals surface area contributed by atoms with Crippen molar-refractivity contribution in [3.8, 4) is 6.07 Å². The quantitative estimate of drug-likeness (QED) is 0.700. The number of anilines is 1. The lowest BCUT2D eigenvalue weighted by Crippen LogP contribution is -2.29. The molecule has 80 valence electrons. The summed E-state index contributed by atoms with van der Waals surface area (Å²) in [7, 11) is 0. The van der Waals surface area contributed by atoms with Crippen LogP contribution < -0.4 is 11.5 Å². The van der Waals surface area contributed by atoms with Crippen LogP contribution in [0.25, 0.3) is 0 Å². The molecule has 0 aliphatic heterocycles. The second-order valence-corrected chi connectivity index (χ2v) is 2.97. The smallest absolute Gasteiger partial charge is 0.398 e. The van der Waals surface area contributed by atoms with Gasteiger partial charge in [0.2, 0.25) is 0 Å². The molecular formula is C9H8F3N3. The highest BCUT2D eigenvalue weighted by atomic mass is 19.4. The van der Waals surface area contributed by atoms with E-state index in [1.807, 2.05) is 0 Å². The van der Waals surface area contributed by atoms with E-state index in [0.29, 0.717) is 0 Å². The summed E-state index contributed by atoms with van der Waals surface area (Å²) < 4.78 is 36.9. The van der Waals surface area contributed by atoms with E-state index in [0.717, 1.165) is 6.07 Å². The van der Waals surface area contributed by atoms with Crippen molar-refractivity contribution in [1.82, 2.24) is 0 Å². The molecule has 1 rings (SSSR count). The van der Waals surface area contributed by atoms with E-state index in [9.17, 15) is 13.2 Å². The van der Waals surface area contributed by atoms with Crippen molar-refractivity contribution in [2.45, 2.75) is 12.2 Å². The molecule has 0 aliphatic rings. The Kier molecular flexibility index (Phi) is 2.86. The minimum absolute atomic E-state index is 0.0705. The van der Waals surface area contributed by atoms with Crippen LogP contribution in [-0.4, -0.2) is 6.18 Å². The molecule has 0 heterocycles. The predicted molar refractivity (Wildman–Crippen MR) is 48.6 cm³/mol. The Labute approximate surface area is 84.1 Å². The number of benzene rings is 1. The maximum Gasteiger partial charge on any atom is 0.407 e. The molecule has 6 heteroatoms. The molecule has 0 aromatic heterocycles. The van der Waals surface area contributed by atoms with Crippen molar-refractivity contribution in [2.75, 3.05) is 5.73 Å². The van der Waals surface area contributed by atoms with Crippen LogP contribution in [0, 0.1) is 11.3 Å². The SMILES string of the molecule is N#Cc1ccc(N)c([C@@H](N)C(F)(F)F)c1. The van der Waals surface area contributed by atoms with Gasteiger partial charge in [-0.25, -0.2) is 0 Å². The largest absolute Gasteiger partial charge is 0.407 e. The lowest BCUT2D eigenvalue weighted by Gasteiger charge is -2.17. The standard InChI is InChI=1S/C9H8F3N3/c10-9(11,12)8(15)6-3-5(4-13)1-2-7(6)14/h1-3,8H,14-15H2/t8-/m1/s1. The number of hydrogen-bond donors (Lipinski definition) is 2. The summed E-state index contributed by atoms with van der Waals surface area (Å²) in [5.41, 5.74) is 10.1. The third-order valence-electron chi connectivity index (χ3n) is 1.90. The molecule has 0 amide bonds. The highest BCUT2D eigenvalue weighted by molar-refractivity contribution is 5.52. The highest BCUT2D eigenvalue weighted by Gasteiger charge is 2.38. The molecule has 0 radical (unpaired) electrons. The molecule has 1 atom stereocenters. The summed E-state index contributed by atoms with van der Waals surface area (Å²) in [4.78, 5) is 0. The van der Waals surface area contributed by atoms with E-state index < -0.39 is 12.2 Å². The molecule has 0 aliphatic carbocycles. The van der Waals surface area contributed by atoms with Crippen LogP contribution in [0.5, 0.6) is 0 Å². The van der Waals surface area contributed by atoms with Gasteiger partial charge in [-0.3, -0.25) is 0 Å². The minimum atomic E-state index is -4.57. The first-order chi connectivity index (χ1) is 6.86. The molecular weight excluding hydrogens is 207 g/mol. The van der Waals surface area contributed by atoms with Crippen LogP contribution in [0.1, 0.15) is 17.2 Å². The first kappa shape index (κ1) is 11.3. The Morgan fingerprint density at radius 2 is 1.93 bits per heavy atom. The second kappa shape index (κ2) is 3.79. The van der Waals surface area contributed by atoms with E-state index in [4.69, 9.17) is 16.7 Å². The molecule has 0 unspecified atom stereocenters. The zero-order valence-electron chi connectivity index (χ0n) is 7.55. The van der Waals surface area contributed by atoms with E-state index in [1.165, 1.54) is 12.1 Å². The van der Waals surface area contributed by atoms with E-state index >= 15 is 0 Å². The zero-order valence-corrected chi connectivity index (χ0v) is 7.55. The molecule has 1 aromatic rings. The van der Waals surface area contributed by atoms with Crippen molar-refractivity contribution in [1.29, 1.82) is 5.26 Å². The Hall–Kier alpha value is -1.74. The minimum Gasteiger partial charge on any atom is -0.398 e. The molecule has 0 spiro atoms. The van der Waals surface area contributed by atoms with E-state index in [1.54, 1.807) is 6.07 Å². The van der Waals surface area contributed by atoms with Gasteiger partial charge >= 0.3 is 6.18 Å². The molecule has 0 fully saturated rings. The highest BCUT2D eigenvalue weighted by Crippen LogP contribution is 2.33. The number of rotatable bonds is 1. The molecule has 0 saturated carbocycles. The predicted octanol–water partition coefficient (Wildman–Crippen LogP) is 1.70. The molecule has 1 aromatic carbocycles. The second-order valence-electron chi connectivity index (χ2n) is 2.97. The van der Waals surface area contributed by atoms with Gasteiger partial charge in [0.25, 0.3) is 0 Å². The Bertz CT molecular complexity index is 406. The van der Waals surface area contributed by atoms with Crippen molar-refractivity contribution >= 4 is 5.69 Å². The average molecular weight is 215 g/mol. The van der Waals surface area contributed by atoms with E-state index in [2.05, 4.69) is 0 Å². The Balaban J connectivity index is 3.20. The fraction of sp³-hybridized carbons (Fsp3) is 0.222. The van der Waals surface area contributed by atoms with Crippen LogP contribution in [0.4, 0.5) is 18.9 Å². The summed E-state index contributed by atoms with van der Waals surface area (Å²) in [6.45, 7) is 0. The summed E-state index contributed by atoms with van der Waals surface area (Å²) in [6.07, 6.45) is -4.57. The summed E-state index contributed by atoms with van der Waals surface area (Å²) >= 11 is 0. The fourth-order valence-corrected chi connectivity index (χ4v) is 1.09. The lowest BCUT2D eigenvalue weighted by atomic mass is 10.0. The van der Waals surface area contributed by atoms with Gasteiger partial charge in [0.05, 0.1) is 11.6 Å². The van der Waals surface area contributed by atoms with Gasteiger partial charge in [0.15, 0.2) is 0 Å². The maximum atomic E-state index is 12.3. The molecule has 15 heavy (non-hydrogen) atoms. The average Bonchev–Trinajstić information content (AvgIpc) is 2.16. The topological polar surface area (TPSA) is 75.8 Å². The molecule has 3 nitrogen and oxygen atoms in total. The number of nitrogens with zero attached hydrogens (tertiary/aromatic N) is 1. The first-order valence-electron chi connectivity index (χ1n) is 3.98. The number of nitrogens with two attached hydrogens (primary N) is 2. The van der Waals surface area contributed by atoms with Crippen molar-refractivity contribution in [2.24, 2.45) is 5.73 Å². The normalized spacial score (nSPS) is 13.3. The number of alkyl halides is 3. The number of halogens is 3. The zero-order chi connectivity index (χ0) is 11.6. The van der Waals surface area contributed by atoms with Gasteiger partial charge in [-0.05, 0) is 18.2 Å². The van der Waals surface area contributed by atoms with Crippen LogP contribution in [-0.2, 0) is 0 Å². The molecule has 0 bridgehead atoms. The van der Waals surface area contributed by atoms with Gasteiger partial charge in [-0.2, -0.15) is 18.4 Å². The summed E-state index contributed by atoms with van der Waals surface area (Å²) in [6, 6.07) is 3.18. The third kappa shape index (κ3) is 2.39. The van der Waals surface area contributed by atoms with Gasteiger partial charge in [0, 0.05) is 11.3 Å².